The first-order valence-electron chi connectivity index (χ1n) is 9.53. The highest BCUT2D eigenvalue weighted by Gasteiger charge is 2.18. The number of aromatic nitrogens is 5. The standard InChI is InChI=1S/C21H23N7O2/c1-13-9-14(2)27-12-16(24-20(27)23-13)11-26(3)17-18(22)28(21(30)25-19(17)29)10-15-7-5-4-6-8-15/h4-9,12H,10-11,22H2,1-3H3,(H,25,29,30). The van der Waals surface area contributed by atoms with Gasteiger partial charge in [0, 0.05) is 24.6 Å². The third-order valence-corrected chi connectivity index (χ3v) is 4.99. The largest absolute Gasteiger partial charge is 0.383 e. The fraction of sp³-hybridized carbons (Fsp3) is 0.238. The molecule has 9 nitrogen and oxygen atoms in total. The summed E-state index contributed by atoms with van der Waals surface area (Å²) in [6.07, 6.45) is 1.89. The molecule has 0 saturated heterocycles. The number of fused-ring (bicyclic) bond motifs is 1. The van der Waals surface area contributed by atoms with Gasteiger partial charge in [-0.05, 0) is 25.5 Å². The number of nitrogens with zero attached hydrogens (tertiary/aromatic N) is 5. The Balaban J connectivity index is 1.69. The van der Waals surface area contributed by atoms with Crippen LogP contribution in [0.3, 0.4) is 0 Å². The Labute approximate surface area is 172 Å². The van der Waals surface area contributed by atoms with Crippen LogP contribution in [0.15, 0.2) is 52.2 Å². The second kappa shape index (κ2) is 7.51. The molecule has 0 spiro atoms. The smallest absolute Gasteiger partial charge is 0.330 e. The van der Waals surface area contributed by atoms with E-state index >= 15 is 0 Å². The molecule has 3 heterocycles. The zero-order chi connectivity index (χ0) is 21.4. The Morgan fingerprint density at radius 3 is 2.60 bits per heavy atom. The highest BCUT2D eigenvalue weighted by molar-refractivity contribution is 5.62. The number of nitrogens with one attached hydrogen (secondary N) is 1. The second-order valence-electron chi connectivity index (χ2n) is 7.36. The molecule has 0 amide bonds. The van der Waals surface area contributed by atoms with Crippen molar-refractivity contribution in [3.05, 3.63) is 86.1 Å². The second-order valence-corrected chi connectivity index (χ2v) is 7.36. The van der Waals surface area contributed by atoms with E-state index in [1.165, 1.54) is 4.57 Å². The van der Waals surface area contributed by atoms with Crippen molar-refractivity contribution in [1.29, 1.82) is 0 Å². The lowest BCUT2D eigenvalue weighted by Gasteiger charge is -2.21. The highest BCUT2D eigenvalue weighted by atomic mass is 16.2. The molecule has 0 fully saturated rings. The van der Waals surface area contributed by atoms with Gasteiger partial charge in [-0.15, -0.1) is 0 Å². The highest BCUT2D eigenvalue weighted by Crippen LogP contribution is 2.19. The molecule has 9 heteroatoms. The van der Waals surface area contributed by atoms with Crippen molar-refractivity contribution in [3.63, 3.8) is 0 Å². The maximum atomic E-state index is 12.5. The van der Waals surface area contributed by atoms with Crippen LogP contribution in [-0.4, -0.2) is 31.0 Å². The summed E-state index contributed by atoms with van der Waals surface area (Å²) in [5.41, 5.74) is 8.98. The molecule has 0 radical (unpaired) electrons. The number of anilines is 2. The molecule has 3 N–H and O–H groups in total. The van der Waals surface area contributed by atoms with Crippen LogP contribution in [0.5, 0.6) is 0 Å². The summed E-state index contributed by atoms with van der Waals surface area (Å²) < 4.78 is 3.27. The minimum Gasteiger partial charge on any atom is -0.383 e. The molecule has 4 rings (SSSR count). The summed E-state index contributed by atoms with van der Waals surface area (Å²) in [5, 5.41) is 0. The number of rotatable bonds is 5. The molecule has 1 aromatic carbocycles. The lowest BCUT2D eigenvalue weighted by atomic mass is 10.2. The Morgan fingerprint density at radius 1 is 1.13 bits per heavy atom. The van der Waals surface area contributed by atoms with Gasteiger partial charge in [0.1, 0.15) is 11.5 Å². The van der Waals surface area contributed by atoms with Gasteiger partial charge in [0.05, 0.1) is 18.8 Å². The number of hydrogen-bond acceptors (Lipinski definition) is 6. The monoisotopic (exact) mass is 405 g/mol. The molecule has 0 aliphatic carbocycles. The van der Waals surface area contributed by atoms with E-state index in [1.54, 1.807) is 11.9 Å². The van der Waals surface area contributed by atoms with E-state index in [4.69, 9.17) is 5.73 Å². The first-order chi connectivity index (χ1) is 14.3. The summed E-state index contributed by atoms with van der Waals surface area (Å²) in [7, 11) is 1.74. The summed E-state index contributed by atoms with van der Waals surface area (Å²) in [5.74, 6) is 0.718. The van der Waals surface area contributed by atoms with Gasteiger partial charge in [0.2, 0.25) is 5.78 Å². The number of benzene rings is 1. The fourth-order valence-corrected chi connectivity index (χ4v) is 3.59. The van der Waals surface area contributed by atoms with Gasteiger partial charge in [-0.25, -0.2) is 14.8 Å². The van der Waals surface area contributed by atoms with Gasteiger partial charge in [-0.2, -0.15) is 0 Å². The minimum atomic E-state index is -0.540. The molecule has 30 heavy (non-hydrogen) atoms. The average Bonchev–Trinajstić information content (AvgIpc) is 3.08. The number of nitrogen functional groups attached to an aromatic ring is 1. The number of hydrogen-bond donors (Lipinski definition) is 2. The van der Waals surface area contributed by atoms with E-state index < -0.39 is 11.2 Å². The maximum Gasteiger partial charge on any atom is 0.330 e. The zero-order valence-corrected chi connectivity index (χ0v) is 17.1. The molecule has 0 atom stereocenters. The van der Waals surface area contributed by atoms with E-state index in [0.29, 0.717) is 12.3 Å². The molecule has 0 aliphatic rings. The zero-order valence-electron chi connectivity index (χ0n) is 17.1. The van der Waals surface area contributed by atoms with Crippen LogP contribution in [0.4, 0.5) is 11.5 Å². The predicted octanol–water partition coefficient (Wildman–Crippen LogP) is 1.46. The quantitative estimate of drug-likeness (QED) is 0.520. The summed E-state index contributed by atoms with van der Waals surface area (Å²) >= 11 is 0. The van der Waals surface area contributed by atoms with Crippen LogP contribution in [0.1, 0.15) is 22.6 Å². The van der Waals surface area contributed by atoms with Gasteiger partial charge < -0.3 is 10.6 Å². The van der Waals surface area contributed by atoms with E-state index in [-0.39, 0.29) is 18.1 Å². The van der Waals surface area contributed by atoms with Crippen molar-refractivity contribution in [3.8, 4) is 0 Å². The first-order valence-corrected chi connectivity index (χ1v) is 9.53. The molecule has 4 aromatic rings. The molecule has 154 valence electrons. The van der Waals surface area contributed by atoms with E-state index in [0.717, 1.165) is 22.6 Å². The van der Waals surface area contributed by atoms with E-state index in [1.807, 2.05) is 60.8 Å². The third-order valence-electron chi connectivity index (χ3n) is 4.99. The van der Waals surface area contributed by atoms with Gasteiger partial charge in [0.15, 0.2) is 0 Å². The van der Waals surface area contributed by atoms with Crippen molar-refractivity contribution in [2.45, 2.75) is 26.9 Å². The summed E-state index contributed by atoms with van der Waals surface area (Å²) in [6, 6.07) is 11.4. The Hall–Kier alpha value is -3.88. The molecule has 0 unspecified atom stereocenters. The van der Waals surface area contributed by atoms with Crippen LogP contribution in [0, 0.1) is 13.8 Å². The normalized spacial score (nSPS) is 11.2. The molecule has 0 saturated carbocycles. The Bertz CT molecular complexity index is 1340. The topological polar surface area (TPSA) is 114 Å². The van der Waals surface area contributed by atoms with Crippen LogP contribution < -0.4 is 21.9 Å². The molecule has 0 bridgehead atoms. The van der Waals surface area contributed by atoms with Gasteiger partial charge in [-0.3, -0.25) is 18.7 Å². The van der Waals surface area contributed by atoms with Crippen molar-refractivity contribution in [2.24, 2.45) is 0 Å². The summed E-state index contributed by atoms with van der Waals surface area (Å²) in [6.45, 7) is 4.50. The third kappa shape index (κ3) is 3.57. The number of aromatic amines is 1. The minimum absolute atomic E-state index is 0.115. The maximum absolute atomic E-state index is 12.5. The molecule has 0 aliphatic heterocycles. The van der Waals surface area contributed by atoms with Crippen LogP contribution in [-0.2, 0) is 13.1 Å². The Morgan fingerprint density at radius 2 is 1.87 bits per heavy atom. The number of nitrogens with two attached hydrogens (primary N) is 1. The fourth-order valence-electron chi connectivity index (χ4n) is 3.59. The van der Waals surface area contributed by atoms with Crippen molar-refractivity contribution >= 4 is 17.3 Å². The average molecular weight is 405 g/mol. The number of H-pyrrole nitrogens is 1. The van der Waals surface area contributed by atoms with Gasteiger partial charge >= 0.3 is 5.69 Å². The summed E-state index contributed by atoms with van der Waals surface area (Å²) in [4.78, 5) is 38.0. The van der Waals surface area contributed by atoms with Crippen LogP contribution >= 0.6 is 0 Å². The molecule has 3 aromatic heterocycles. The van der Waals surface area contributed by atoms with Crippen LogP contribution in [0.25, 0.3) is 5.78 Å². The predicted molar refractivity (Wildman–Crippen MR) is 116 cm³/mol. The van der Waals surface area contributed by atoms with E-state index in [2.05, 4.69) is 15.0 Å². The Kier molecular flexibility index (Phi) is 4.86. The SMILES string of the molecule is Cc1cc(C)n2cc(CN(C)c3c(N)n(Cc4ccccc4)c(=O)[nH]c3=O)nc2n1. The van der Waals surface area contributed by atoms with Crippen LogP contribution in [0.2, 0.25) is 0 Å². The number of imidazole rings is 1. The first kappa shape index (κ1) is 19.4. The molecular weight excluding hydrogens is 382 g/mol. The molecular formula is C21H23N7O2. The van der Waals surface area contributed by atoms with Crippen molar-refractivity contribution in [1.82, 2.24) is 23.9 Å². The lowest BCUT2D eigenvalue weighted by molar-refractivity contribution is 0.724. The lowest BCUT2D eigenvalue weighted by Crippen LogP contribution is -2.37. The van der Waals surface area contributed by atoms with Gasteiger partial charge in [-0.1, -0.05) is 30.3 Å². The van der Waals surface area contributed by atoms with Crippen molar-refractivity contribution < 1.29 is 0 Å². The van der Waals surface area contributed by atoms with Crippen molar-refractivity contribution in [2.75, 3.05) is 17.7 Å². The van der Waals surface area contributed by atoms with E-state index in [9.17, 15) is 9.59 Å². The van der Waals surface area contributed by atoms with Gasteiger partial charge in [0.25, 0.3) is 5.56 Å². The number of aryl methyl sites for hydroxylation is 2.